The molecule has 1 aromatic carbocycles. The van der Waals surface area contributed by atoms with Gasteiger partial charge in [0.25, 0.3) is 0 Å². The zero-order valence-electron chi connectivity index (χ0n) is 13.8. The fraction of sp³-hybridized carbons (Fsp3) is 0.125. The van der Waals surface area contributed by atoms with Crippen LogP contribution in [0.1, 0.15) is 5.69 Å². The van der Waals surface area contributed by atoms with E-state index >= 15 is 0 Å². The molecule has 0 aliphatic heterocycles. The average molecular weight is 398 g/mol. The van der Waals surface area contributed by atoms with Gasteiger partial charge in [0.05, 0.1) is 12.0 Å². The van der Waals surface area contributed by atoms with Crippen molar-refractivity contribution < 1.29 is 26.3 Å². The molecular weight excluding hydrogens is 385 g/mol. The van der Waals surface area contributed by atoms with Crippen LogP contribution in [0.5, 0.6) is 5.88 Å². The number of hydrogen-bond donors (Lipinski definition) is 1. The lowest BCUT2D eigenvalue weighted by molar-refractivity contribution is -0.140. The normalized spacial score (nSPS) is 12.2. The van der Waals surface area contributed by atoms with E-state index in [2.05, 4.69) is 9.97 Å². The third-order valence-corrected chi connectivity index (χ3v) is 4.53. The molecule has 0 atom stereocenters. The van der Waals surface area contributed by atoms with Gasteiger partial charge in [-0.3, -0.25) is 4.57 Å². The molecule has 0 amide bonds. The molecule has 3 aromatic rings. The molecule has 0 spiro atoms. The highest BCUT2D eigenvalue weighted by Gasteiger charge is 2.35. The number of aromatic nitrogens is 3. The maximum atomic E-state index is 13.2. The quantitative estimate of drug-likeness (QED) is 0.728. The van der Waals surface area contributed by atoms with Gasteiger partial charge in [0.1, 0.15) is 5.69 Å². The first kappa shape index (κ1) is 18.9. The minimum Gasteiger partial charge on any atom is -0.481 e. The van der Waals surface area contributed by atoms with Crippen LogP contribution < -0.4 is 9.88 Å². The number of alkyl halides is 3. The van der Waals surface area contributed by atoms with Crippen LogP contribution in [0, 0.1) is 0 Å². The van der Waals surface area contributed by atoms with Crippen LogP contribution >= 0.6 is 0 Å². The third kappa shape index (κ3) is 3.93. The van der Waals surface area contributed by atoms with Crippen molar-refractivity contribution in [2.24, 2.45) is 5.14 Å². The number of hydrogen-bond acceptors (Lipinski definition) is 5. The molecule has 7 nitrogen and oxygen atoms in total. The van der Waals surface area contributed by atoms with Crippen LogP contribution in [0.4, 0.5) is 13.2 Å². The molecule has 2 aromatic heterocycles. The molecule has 0 saturated carbocycles. The highest BCUT2D eigenvalue weighted by Crippen LogP contribution is 2.32. The Kier molecular flexibility index (Phi) is 4.66. The summed E-state index contributed by atoms with van der Waals surface area (Å²) in [6.45, 7) is 0. The summed E-state index contributed by atoms with van der Waals surface area (Å²) in [5.41, 5.74) is -0.706. The number of rotatable bonds is 4. The number of primary sulfonamides is 1. The highest BCUT2D eigenvalue weighted by molar-refractivity contribution is 7.89. The topological polar surface area (TPSA) is 100 Å². The molecule has 0 bridgehead atoms. The fourth-order valence-electron chi connectivity index (χ4n) is 2.34. The van der Waals surface area contributed by atoms with Gasteiger partial charge in [0.2, 0.25) is 15.9 Å². The summed E-state index contributed by atoms with van der Waals surface area (Å²) < 4.78 is 68.4. The minimum atomic E-state index is -4.67. The van der Waals surface area contributed by atoms with E-state index in [1.165, 1.54) is 37.4 Å². The number of ether oxygens (including phenoxy) is 1. The Balaban J connectivity index is 2.17. The summed E-state index contributed by atoms with van der Waals surface area (Å²) in [4.78, 5) is 7.60. The maximum absolute atomic E-state index is 13.2. The lowest BCUT2D eigenvalue weighted by Crippen LogP contribution is -2.12. The van der Waals surface area contributed by atoms with E-state index < -0.39 is 21.9 Å². The Hall–Kier alpha value is -2.92. The van der Waals surface area contributed by atoms with Gasteiger partial charge >= 0.3 is 6.18 Å². The summed E-state index contributed by atoms with van der Waals surface area (Å²) in [5, 5.41) is 5.04. The van der Waals surface area contributed by atoms with Gasteiger partial charge in [-0.15, -0.1) is 0 Å². The Bertz CT molecular complexity index is 1080. The van der Waals surface area contributed by atoms with Gasteiger partial charge in [0, 0.05) is 18.0 Å². The van der Waals surface area contributed by atoms with E-state index in [0.717, 1.165) is 10.8 Å². The van der Waals surface area contributed by atoms with Gasteiger partial charge in [0.15, 0.2) is 11.5 Å². The molecule has 3 rings (SSSR count). The van der Waals surface area contributed by atoms with E-state index in [-0.39, 0.29) is 28.0 Å². The smallest absolute Gasteiger partial charge is 0.434 e. The number of methoxy groups -OCH3 is 1. The molecule has 0 unspecified atom stereocenters. The molecule has 11 heteroatoms. The molecule has 27 heavy (non-hydrogen) atoms. The summed E-state index contributed by atoms with van der Waals surface area (Å²) in [6.07, 6.45) is -3.86. The predicted octanol–water partition coefficient (Wildman–Crippen LogP) is 2.61. The molecule has 2 heterocycles. The Morgan fingerprint density at radius 2 is 1.74 bits per heavy atom. The molecule has 0 radical (unpaired) electrons. The van der Waals surface area contributed by atoms with Gasteiger partial charge in [-0.25, -0.2) is 23.5 Å². The third-order valence-electron chi connectivity index (χ3n) is 3.60. The number of imidazole rings is 1. The SMILES string of the molecule is COc1cccc(-c2nc(C(F)(F)F)cn2-c2ccc(S(N)(=O)=O)cc2)n1. The second-order valence-electron chi connectivity index (χ2n) is 5.42. The van der Waals surface area contributed by atoms with Crippen LogP contribution in [0.15, 0.2) is 53.6 Å². The summed E-state index contributed by atoms with van der Waals surface area (Å²) in [6, 6.07) is 9.64. The van der Waals surface area contributed by atoms with E-state index in [0.29, 0.717) is 0 Å². The van der Waals surface area contributed by atoms with E-state index in [1.807, 2.05) is 0 Å². The minimum absolute atomic E-state index is 0.0791. The largest absolute Gasteiger partial charge is 0.481 e. The van der Waals surface area contributed by atoms with Crippen molar-refractivity contribution >= 4 is 10.0 Å². The highest BCUT2D eigenvalue weighted by atomic mass is 32.2. The Morgan fingerprint density at radius 1 is 1.07 bits per heavy atom. The van der Waals surface area contributed by atoms with Crippen molar-refractivity contribution in [2.45, 2.75) is 11.1 Å². The van der Waals surface area contributed by atoms with Crippen LogP contribution in [-0.4, -0.2) is 30.1 Å². The molecular formula is C16H13F3N4O3S. The first-order chi connectivity index (χ1) is 12.6. The van der Waals surface area contributed by atoms with Gasteiger partial charge in [-0.2, -0.15) is 13.2 Å². The van der Waals surface area contributed by atoms with Crippen LogP contribution in [-0.2, 0) is 16.2 Å². The van der Waals surface area contributed by atoms with Crippen molar-refractivity contribution in [1.29, 1.82) is 0 Å². The van der Waals surface area contributed by atoms with Crippen molar-refractivity contribution in [1.82, 2.24) is 14.5 Å². The summed E-state index contributed by atoms with van der Waals surface area (Å²) in [5.74, 6) is 0.129. The van der Waals surface area contributed by atoms with Gasteiger partial charge in [-0.05, 0) is 30.3 Å². The first-order valence-electron chi connectivity index (χ1n) is 7.41. The molecule has 0 saturated heterocycles. The molecule has 2 N–H and O–H groups in total. The number of halogens is 3. The number of nitrogens with zero attached hydrogens (tertiary/aromatic N) is 3. The van der Waals surface area contributed by atoms with E-state index in [4.69, 9.17) is 9.88 Å². The summed E-state index contributed by atoms with van der Waals surface area (Å²) in [7, 11) is -2.54. The van der Waals surface area contributed by atoms with Crippen LogP contribution in [0.25, 0.3) is 17.2 Å². The fourth-order valence-corrected chi connectivity index (χ4v) is 2.86. The lowest BCUT2D eigenvalue weighted by atomic mass is 10.3. The maximum Gasteiger partial charge on any atom is 0.434 e. The molecule has 0 fully saturated rings. The van der Waals surface area contributed by atoms with Crippen molar-refractivity contribution in [3.05, 3.63) is 54.4 Å². The van der Waals surface area contributed by atoms with Gasteiger partial charge in [-0.1, -0.05) is 6.07 Å². The molecule has 0 aliphatic rings. The average Bonchev–Trinajstić information content (AvgIpc) is 3.07. The number of sulfonamides is 1. The Labute approximate surface area is 152 Å². The standard InChI is InChI=1S/C16H13F3N4O3S/c1-26-14-4-2-3-12(21-14)15-22-13(16(17,18)19)9-23(15)10-5-7-11(8-6-10)27(20,24)25/h2-9H,1H3,(H2,20,24,25). The Morgan fingerprint density at radius 3 is 2.30 bits per heavy atom. The predicted molar refractivity (Wildman–Crippen MR) is 89.7 cm³/mol. The number of nitrogens with two attached hydrogens (primary N) is 1. The van der Waals surface area contributed by atoms with E-state index in [9.17, 15) is 21.6 Å². The second kappa shape index (κ2) is 6.67. The number of benzene rings is 1. The second-order valence-corrected chi connectivity index (χ2v) is 6.98. The molecule has 142 valence electrons. The first-order valence-corrected chi connectivity index (χ1v) is 8.95. The van der Waals surface area contributed by atoms with Crippen molar-refractivity contribution in [3.8, 4) is 23.1 Å². The van der Waals surface area contributed by atoms with Crippen LogP contribution in [0.3, 0.4) is 0 Å². The van der Waals surface area contributed by atoms with Gasteiger partial charge < -0.3 is 4.74 Å². The summed E-state index contributed by atoms with van der Waals surface area (Å²) >= 11 is 0. The van der Waals surface area contributed by atoms with Crippen LogP contribution in [0.2, 0.25) is 0 Å². The number of pyridine rings is 1. The molecule has 0 aliphatic carbocycles. The van der Waals surface area contributed by atoms with Crippen molar-refractivity contribution in [3.63, 3.8) is 0 Å². The zero-order chi connectivity index (χ0) is 19.8. The zero-order valence-corrected chi connectivity index (χ0v) is 14.6. The monoisotopic (exact) mass is 398 g/mol. The lowest BCUT2D eigenvalue weighted by Gasteiger charge is -2.09. The van der Waals surface area contributed by atoms with E-state index in [1.54, 1.807) is 12.1 Å². The van der Waals surface area contributed by atoms with Crippen molar-refractivity contribution in [2.75, 3.05) is 7.11 Å².